The van der Waals surface area contributed by atoms with Gasteiger partial charge >= 0.3 is 12.1 Å². The van der Waals surface area contributed by atoms with Crippen LogP contribution in [0.25, 0.3) is 0 Å². The third-order valence-electron chi connectivity index (χ3n) is 4.06. The maximum atomic E-state index is 13.3. The Kier molecular flexibility index (Phi) is 6.95. The van der Waals surface area contributed by atoms with Crippen LogP contribution < -0.4 is 5.32 Å². The molecule has 1 amide bonds. The molecule has 1 aromatic carbocycles. The van der Waals surface area contributed by atoms with Crippen LogP contribution in [0.5, 0.6) is 0 Å². The molecule has 6 nitrogen and oxygen atoms in total. The van der Waals surface area contributed by atoms with Crippen LogP contribution in [-0.2, 0) is 24.5 Å². The van der Waals surface area contributed by atoms with Gasteiger partial charge in [0.15, 0.2) is 11.2 Å². The van der Waals surface area contributed by atoms with Crippen molar-refractivity contribution >= 4 is 17.8 Å². The monoisotopic (exact) mass is 363 g/mol. The number of esters is 1. The number of ether oxygens (including phenoxy) is 2. The van der Waals surface area contributed by atoms with Crippen LogP contribution in [0.15, 0.2) is 30.3 Å². The highest BCUT2D eigenvalue weighted by Crippen LogP contribution is 2.29. The topological polar surface area (TPSA) is 81.7 Å². The fourth-order valence-corrected chi connectivity index (χ4v) is 2.62. The summed E-state index contributed by atoms with van der Waals surface area (Å²) in [7, 11) is 1.24. The summed E-state index contributed by atoms with van der Waals surface area (Å²) >= 11 is 0. The van der Waals surface area contributed by atoms with Gasteiger partial charge in [0.2, 0.25) is 0 Å². The SMILES string of the molecule is COC(=O)C(C)(C(=O)[C@@H](NC(=O)OC(C)(C)C)C(C)C)c1ccccc1. The first-order valence-electron chi connectivity index (χ1n) is 8.61. The van der Waals surface area contributed by atoms with Gasteiger partial charge in [-0.25, -0.2) is 4.79 Å². The second-order valence-corrected chi connectivity index (χ2v) is 7.71. The maximum absolute atomic E-state index is 13.3. The van der Waals surface area contributed by atoms with E-state index in [4.69, 9.17) is 9.47 Å². The van der Waals surface area contributed by atoms with Crippen LogP contribution in [0.4, 0.5) is 4.79 Å². The number of hydrogen-bond donors (Lipinski definition) is 1. The normalized spacial score (nSPS) is 14.9. The average Bonchev–Trinajstić information content (AvgIpc) is 2.56. The number of nitrogens with one attached hydrogen (secondary N) is 1. The minimum absolute atomic E-state index is 0.247. The minimum atomic E-state index is -1.54. The molecule has 2 atom stereocenters. The molecular weight excluding hydrogens is 334 g/mol. The molecule has 1 unspecified atom stereocenters. The van der Waals surface area contributed by atoms with E-state index in [-0.39, 0.29) is 5.92 Å². The fourth-order valence-electron chi connectivity index (χ4n) is 2.62. The molecule has 0 aliphatic heterocycles. The Morgan fingerprint density at radius 3 is 1.96 bits per heavy atom. The van der Waals surface area contributed by atoms with Gasteiger partial charge in [-0.3, -0.25) is 9.59 Å². The van der Waals surface area contributed by atoms with Crippen LogP contribution in [0.1, 0.15) is 47.1 Å². The average molecular weight is 363 g/mol. The number of benzene rings is 1. The first-order chi connectivity index (χ1) is 11.9. The van der Waals surface area contributed by atoms with Crippen molar-refractivity contribution in [3.8, 4) is 0 Å². The molecule has 6 heteroatoms. The summed E-state index contributed by atoms with van der Waals surface area (Å²) in [5.41, 5.74) is -1.73. The molecule has 144 valence electrons. The van der Waals surface area contributed by atoms with Crippen LogP contribution in [0.2, 0.25) is 0 Å². The first-order valence-corrected chi connectivity index (χ1v) is 8.61. The van der Waals surface area contributed by atoms with Crippen molar-refractivity contribution in [2.45, 2.75) is 58.6 Å². The van der Waals surface area contributed by atoms with Gasteiger partial charge in [0.05, 0.1) is 13.2 Å². The minimum Gasteiger partial charge on any atom is -0.468 e. The smallest absolute Gasteiger partial charge is 0.408 e. The Morgan fingerprint density at radius 2 is 1.54 bits per heavy atom. The summed E-state index contributed by atoms with van der Waals surface area (Å²) in [6, 6.07) is 7.77. The second kappa shape index (κ2) is 8.34. The van der Waals surface area contributed by atoms with E-state index in [1.54, 1.807) is 65.0 Å². The predicted octanol–water partition coefficient (Wildman–Crippen LogP) is 3.24. The quantitative estimate of drug-likeness (QED) is 0.620. The molecule has 0 aliphatic carbocycles. The van der Waals surface area contributed by atoms with Crippen molar-refractivity contribution in [1.82, 2.24) is 5.32 Å². The summed E-state index contributed by atoms with van der Waals surface area (Å²) in [6.07, 6.45) is -0.704. The molecule has 0 fully saturated rings. The lowest BCUT2D eigenvalue weighted by Crippen LogP contribution is -2.55. The number of carbonyl (C=O) groups is 3. The zero-order chi connectivity index (χ0) is 20.1. The Morgan fingerprint density at radius 1 is 1.00 bits per heavy atom. The van der Waals surface area contributed by atoms with Crippen molar-refractivity contribution in [1.29, 1.82) is 0 Å². The van der Waals surface area contributed by atoms with E-state index in [1.165, 1.54) is 14.0 Å². The van der Waals surface area contributed by atoms with Crippen molar-refractivity contribution in [2.24, 2.45) is 5.92 Å². The molecule has 0 spiro atoms. The van der Waals surface area contributed by atoms with Crippen molar-refractivity contribution < 1.29 is 23.9 Å². The van der Waals surface area contributed by atoms with E-state index in [0.29, 0.717) is 5.56 Å². The number of rotatable bonds is 6. The van der Waals surface area contributed by atoms with Gasteiger partial charge in [-0.1, -0.05) is 44.2 Å². The van der Waals surface area contributed by atoms with Gasteiger partial charge in [-0.2, -0.15) is 0 Å². The molecule has 26 heavy (non-hydrogen) atoms. The van der Waals surface area contributed by atoms with E-state index < -0.39 is 34.9 Å². The Bertz CT molecular complexity index is 648. The van der Waals surface area contributed by atoms with E-state index in [0.717, 1.165) is 0 Å². The molecule has 0 bridgehead atoms. The number of amides is 1. The molecule has 0 saturated heterocycles. The largest absolute Gasteiger partial charge is 0.468 e. The van der Waals surface area contributed by atoms with Crippen molar-refractivity contribution in [2.75, 3.05) is 7.11 Å². The number of ketones is 1. The number of methoxy groups -OCH3 is 1. The molecule has 0 aromatic heterocycles. The van der Waals surface area contributed by atoms with E-state index in [1.807, 2.05) is 0 Å². The van der Waals surface area contributed by atoms with Gasteiger partial charge in [0.1, 0.15) is 5.60 Å². The van der Waals surface area contributed by atoms with Crippen LogP contribution in [0, 0.1) is 5.92 Å². The number of alkyl carbamates (subject to hydrolysis) is 1. The van der Waals surface area contributed by atoms with Gasteiger partial charge in [0, 0.05) is 0 Å². The van der Waals surface area contributed by atoms with Gasteiger partial charge in [-0.05, 0) is 39.2 Å². The summed E-state index contributed by atoms with van der Waals surface area (Å²) in [5.74, 6) is -1.37. The summed E-state index contributed by atoms with van der Waals surface area (Å²) in [6.45, 7) is 10.3. The zero-order valence-electron chi connectivity index (χ0n) is 16.6. The molecule has 1 N–H and O–H groups in total. The van der Waals surface area contributed by atoms with Gasteiger partial charge < -0.3 is 14.8 Å². The third kappa shape index (κ3) is 5.07. The lowest BCUT2D eigenvalue weighted by Gasteiger charge is -2.32. The molecule has 1 rings (SSSR count). The second-order valence-electron chi connectivity index (χ2n) is 7.71. The molecule has 0 heterocycles. The predicted molar refractivity (Wildman–Crippen MR) is 98.8 cm³/mol. The van der Waals surface area contributed by atoms with Crippen LogP contribution in [0.3, 0.4) is 0 Å². The molecule has 0 saturated carbocycles. The maximum Gasteiger partial charge on any atom is 0.408 e. The number of Topliss-reactive ketones (excluding diaryl/α,β-unsaturated/α-hetero) is 1. The summed E-state index contributed by atoms with van der Waals surface area (Å²) in [5, 5.41) is 2.61. The highest BCUT2D eigenvalue weighted by Gasteiger charge is 2.48. The van der Waals surface area contributed by atoms with Crippen molar-refractivity contribution in [3.63, 3.8) is 0 Å². The Labute approximate surface area is 155 Å². The summed E-state index contributed by atoms with van der Waals surface area (Å²) in [4.78, 5) is 38.0. The highest BCUT2D eigenvalue weighted by molar-refractivity contribution is 6.12. The van der Waals surface area contributed by atoms with Gasteiger partial charge in [0.25, 0.3) is 0 Å². The number of carbonyl (C=O) groups excluding carboxylic acids is 3. The first kappa shape index (κ1) is 21.7. The molecular formula is C20H29NO5. The summed E-state index contributed by atoms with van der Waals surface area (Å²) < 4.78 is 10.2. The Hall–Kier alpha value is -2.37. The van der Waals surface area contributed by atoms with E-state index in [2.05, 4.69) is 5.32 Å². The highest BCUT2D eigenvalue weighted by atomic mass is 16.6. The zero-order valence-corrected chi connectivity index (χ0v) is 16.6. The lowest BCUT2D eigenvalue weighted by molar-refractivity contribution is -0.152. The molecule has 1 aromatic rings. The third-order valence-corrected chi connectivity index (χ3v) is 4.06. The standard InChI is InChI=1S/C20H29NO5/c1-13(2)15(21-18(24)26-19(3,4)5)16(22)20(6,17(23)25-7)14-11-9-8-10-12-14/h8-13,15H,1-7H3,(H,21,24)/t15-,20?/m0/s1. The molecule has 0 radical (unpaired) electrons. The Balaban J connectivity index is 3.25. The van der Waals surface area contributed by atoms with Crippen molar-refractivity contribution in [3.05, 3.63) is 35.9 Å². The van der Waals surface area contributed by atoms with Gasteiger partial charge in [-0.15, -0.1) is 0 Å². The fraction of sp³-hybridized carbons (Fsp3) is 0.550. The number of hydrogen-bond acceptors (Lipinski definition) is 5. The van der Waals surface area contributed by atoms with Crippen LogP contribution >= 0.6 is 0 Å². The van der Waals surface area contributed by atoms with Crippen LogP contribution in [-0.4, -0.2) is 36.6 Å². The molecule has 0 aliphatic rings. The van der Waals surface area contributed by atoms with E-state index >= 15 is 0 Å². The lowest BCUT2D eigenvalue weighted by atomic mass is 9.74. The van der Waals surface area contributed by atoms with E-state index in [9.17, 15) is 14.4 Å².